The van der Waals surface area contributed by atoms with E-state index in [0.29, 0.717) is 17.3 Å². The SMILES string of the molecule is CNc1ccc2ncc(NC(C)=O)n2n1. The number of anilines is 2. The molecule has 2 N–H and O–H groups in total. The van der Waals surface area contributed by atoms with Crippen LogP contribution in [-0.4, -0.2) is 27.6 Å². The fourth-order valence-corrected chi connectivity index (χ4v) is 1.27. The van der Waals surface area contributed by atoms with Crippen LogP contribution >= 0.6 is 0 Å². The zero-order valence-electron chi connectivity index (χ0n) is 8.48. The molecule has 6 heteroatoms. The summed E-state index contributed by atoms with van der Waals surface area (Å²) in [4.78, 5) is 15.0. The van der Waals surface area contributed by atoms with E-state index in [1.165, 1.54) is 6.92 Å². The van der Waals surface area contributed by atoms with Crippen LogP contribution in [0.4, 0.5) is 11.6 Å². The number of fused-ring (bicyclic) bond motifs is 1. The van der Waals surface area contributed by atoms with Gasteiger partial charge in [0.25, 0.3) is 0 Å². The molecule has 0 fully saturated rings. The van der Waals surface area contributed by atoms with Gasteiger partial charge in [0, 0.05) is 14.0 Å². The number of nitrogens with one attached hydrogen (secondary N) is 2. The van der Waals surface area contributed by atoms with Gasteiger partial charge in [0.2, 0.25) is 5.91 Å². The molecular formula is C9H11N5O. The molecule has 0 aliphatic rings. The van der Waals surface area contributed by atoms with E-state index in [1.54, 1.807) is 17.8 Å². The van der Waals surface area contributed by atoms with E-state index in [9.17, 15) is 4.79 Å². The number of hydrogen-bond donors (Lipinski definition) is 2. The maximum absolute atomic E-state index is 10.9. The third-order valence-corrected chi connectivity index (χ3v) is 1.92. The normalized spacial score (nSPS) is 10.3. The molecule has 2 aromatic rings. The van der Waals surface area contributed by atoms with Gasteiger partial charge in [-0.3, -0.25) is 4.79 Å². The highest BCUT2D eigenvalue weighted by Crippen LogP contribution is 2.12. The second-order valence-electron chi connectivity index (χ2n) is 3.06. The Hall–Kier alpha value is -2.11. The zero-order valence-corrected chi connectivity index (χ0v) is 8.48. The van der Waals surface area contributed by atoms with Crippen LogP contribution in [0.15, 0.2) is 18.3 Å². The maximum Gasteiger partial charge on any atom is 0.222 e. The second-order valence-corrected chi connectivity index (χ2v) is 3.06. The van der Waals surface area contributed by atoms with E-state index < -0.39 is 0 Å². The van der Waals surface area contributed by atoms with Crippen molar-refractivity contribution in [1.82, 2.24) is 14.6 Å². The second kappa shape index (κ2) is 3.56. The minimum atomic E-state index is -0.145. The standard InChI is InChI=1S/C9H11N5O/c1-6(15)12-9-5-11-8-4-3-7(10-2)13-14(8)9/h3-5H,1-2H3,(H,10,13)(H,12,15). The van der Waals surface area contributed by atoms with Crippen molar-refractivity contribution in [1.29, 1.82) is 0 Å². The first-order valence-electron chi connectivity index (χ1n) is 4.51. The van der Waals surface area contributed by atoms with Crippen LogP contribution in [0.2, 0.25) is 0 Å². The topological polar surface area (TPSA) is 71.3 Å². The van der Waals surface area contributed by atoms with Crippen molar-refractivity contribution in [2.75, 3.05) is 17.7 Å². The first-order chi connectivity index (χ1) is 7.20. The average Bonchev–Trinajstić information content (AvgIpc) is 2.60. The summed E-state index contributed by atoms with van der Waals surface area (Å²) in [7, 11) is 1.78. The van der Waals surface area contributed by atoms with Gasteiger partial charge in [-0.2, -0.15) is 4.52 Å². The number of carbonyl (C=O) groups excluding carboxylic acids is 1. The predicted octanol–water partition coefficient (Wildman–Crippen LogP) is 0.729. The monoisotopic (exact) mass is 205 g/mol. The Labute approximate surface area is 86.3 Å². The molecule has 0 aliphatic heterocycles. The van der Waals surface area contributed by atoms with Crippen molar-refractivity contribution in [2.24, 2.45) is 0 Å². The maximum atomic E-state index is 10.9. The quantitative estimate of drug-likeness (QED) is 0.758. The zero-order chi connectivity index (χ0) is 10.8. The fourth-order valence-electron chi connectivity index (χ4n) is 1.27. The summed E-state index contributed by atoms with van der Waals surface area (Å²) in [5.74, 6) is 1.13. The van der Waals surface area contributed by atoms with Gasteiger partial charge in [-0.05, 0) is 12.1 Å². The van der Waals surface area contributed by atoms with E-state index in [0.717, 1.165) is 0 Å². The average molecular weight is 205 g/mol. The van der Waals surface area contributed by atoms with Crippen LogP contribution in [0.1, 0.15) is 6.92 Å². The molecule has 0 saturated carbocycles. The predicted molar refractivity (Wildman–Crippen MR) is 56.8 cm³/mol. The summed E-state index contributed by atoms with van der Waals surface area (Å²) in [6.45, 7) is 1.45. The van der Waals surface area contributed by atoms with Crippen molar-refractivity contribution in [2.45, 2.75) is 6.92 Å². The lowest BCUT2D eigenvalue weighted by Crippen LogP contribution is -2.09. The Balaban J connectivity index is 2.51. The largest absolute Gasteiger partial charge is 0.372 e. The number of carbonyl (C=O) groups is 1. The van der Waals surface area contributed by atoms with E-state index >= 15 is 0 Å². The van der Waals surface area contributed by atoms with Crippen molar-refractivity contribution in [3.05, 3.63) is 18.3 Å². The molecule has 0 aliphatic carbocycles. The molecule has 15 heavy (non-hydrogen) atoms. The van der Waals surface area contributed by atoms with Crippen LogP contribution in [0.25, 0.3) is 5.65 Å². The first-order valence-corrected chi connectivity index (χ1v) is 4.51. The van der Waals surface area contributed by atoms with Gasteiger partial charge >= 0.3 is 0 Å². The lowest BCUT2D eigenvalue weighted by Gasteiger charge is -2.02. The molecule has 0 atom stereocenters. The Morgan fingerprint density at radius 2 is 2.27 bits per heavy atom. The van der Waals surface area contributed by atoms with Gasteiger partial charge in [-0.25, -0.2) is 4.98 Å². The van der Waals surface area contributed by atoms with Gasteiger partial charge in [0.05, 0.1) is 6.20 Å². The van der Waals surface area contributed by atoms with Gasteiger partial charge < -0.3 is 10.6 Å². The molecule has 0 aromatic carbocycles. The molecular weight excluding hydrogens is 194 g/mol. The molecule has 0 bridgehead atoms. The van der Waals surface area contributed by atoms with Crippen molar-refractivity contribution < 1.29 is 4.79 Å². The molecule has 6 nitrogen and oxygen atoms in total. The number of nitrogens with zero attached hydrogens (tertiary/aromatic N) is 3. The molecule has 1 amide bonds. The Morgan fingerprint density at radius 1 is 1.47 bits per heavy atom. The number of rotatable bonds is 2. The molecule has 2 heterocycles. The highest BCUT2D eigenvalue weighted by molar-refractivity contribution is 5.88. The van der Waals surface area contributed by atoms with E-state index in [1.807, 2.05) is 12.1 Å². The van der Waals surface area contributed by atoms with Crippen LogP contribution in [-0.2, 0) is 4.79 Å². The van der Waals surface area contributed by atoms with E-state index in [4.69, 9.17) is 0 Å². The molecule has 2 rings (SSSR count). The summed E-state index contributed by atoms with van der Waals surface area (Å²) >= 11 is 0. The highest BCUT2D eigenvalue weighted by atomic mass is 16.1. The lowest BCUT2D eigenvalue weighted by atomic mass is 10.5. The minimum Gasteiger partial charge on any atom is -0.372 e. The van der Waals surface area contributed by atoms with Crippen molar-refractivity contribution in [3.63, 3.8) is 0 Å². The van der Waals surface area contributed by atoms with Crippen molar-refractivity contribution >= 4 is 23.2 Å². The number of aromatic nitrogens is 3. The van der Waals surface area contributed by atoms with E-state index in [-0.39, 0.29) is 5.91 Å². The molecule has 0 spiro atoms. The molecule has 0 saturated heterocycles. The minimum absolute atomic E-state index is 0.145. The first kappa shape index (κ1) is 9.45. The van der Waals surface area contributed by atoms with Gasteiger partial charge in [0.1, 0.15) is 5.82 Å². The number of imidazole rings is 1. The summed E-state index contributed by atoms with van der Waals surface area (Å²) in [6.07, 6.45) is 1.57. The highest BCUT2D eigenvalue weighted by Gasteiger charge is 2.05. The van der Waals surface area contributed by atoms with Crippen molar-refractivity contribution in [3.8, 4) is 0 Å². The molecule has 78 valence electrons. The Morgan fingerprint density at radius 3 is 2.93 bits per heavy atom. The third kappa shape index (κ3) is 1.74. The smallest absolute Gasteiger partial charge is 0.222 e. The number of amides is 1. The molecule has 2 aromatic heterocycles. The fraction of sp³-hybridized carbons (Fsp3) is 0.222. The van der Waals surface area contributed by atoms with Gasteiger partial charge in [-0.1, -0.05) is 0 Å². The lowest BCUT2D eigenvalue weighted by molar-refractivity contribution is -0.114. The Bertz CT molecular complexity index is 504. The van der Waals surface area contributed by atoms with Crippen LogP contribution in [0, 0.1) is 0 Å². The number of hydrogen-bond acceptors (Lipinski definition) is 4. The molecule has 0 unspecified atom stereocenters. The summed E-state index contributed by atoms with van der Waals surface area (Å²) in [6, 6.07) is 3.64. The Kier molecular flexibility index (Phi) is 2.24. The van der Waals surface area contributed by atoms with Gasteiger partial charge in [-0.15, -0.1) is 5.10 Å². The third-order valence-electron chi connectivity index (χ3n) is 1.92. The van der Waals surface area contributed by atoms with Crippen LogP contribution < -0.4 is 10.6 Å². The summed E-state index contributed by atoms with van der Waals surface area (Å²) in [5, 5.41) is 9.80. The van der Waals surface area contributed by atoms with E-state index in [2.05, 4.69) is 20.7 Å². The molecule has 0 radical (unpaired) electrons. The van der Waals surface area contributed by atoms with Gasteiger partial charge in [0.15, 0.2) is 11.5 Å². The van der Waals surface area contributed by atoms with Crippen LogP contribution in [0.5, 0.6) is 0 Å². The summed E-state index contributed by atoms with van der Waals surface area (Å²) < 4.78 is 1.58. The van der Waals surface area contributed by atoms with Crippen LogP contribution in [0.3, 0.4) is 0 Å². The summed E-state index contributed by atoms with van der Waals surface area (Å²) in [5.41, 5.74) is 0.692.